The zero-order chi connectivity index (χ0) is 33.5. The SMILES string of the molecule is CCCN1CC(=O)N[C@H]2CCN(C(=O)c3cc(OC)c(OC)cc3OC)C[C@@H]2OCc2cccc(c2)Oc2cc(ccc2OC)C1=O. The lowest BCUT2D eigenvalue weighted by atomic mass is 10.00. The van der Waals surface area contributed by atoms with Crippen LogP contribution in [0, 0.1) is 0 Å². The molecule has 12 heteroatoms. The van der Waals surface area contributed by atoms with Gasteiger partial charge in [-0.2, -0.15) is 0 Å². The first kappa shape index (κ1) is 33.4. The highest BCUT2D eigenvalue weighted by Crippen LogP contribution is 2.36. The third kappa shape index (κ3) is 7.54. The Bertz CT molecular complexity index is 1610. The highest BCUT2D eigenvalue weighted by Gasteiger charge is 2.35. The van der Waals surface area contributed by atoms with Gasteiger partial charge in [-0.3, -0.25) is 14.4 Å². The maximum absolute atomic E-state index is 13.9. The van der Waals surface area contributed by atoms with Crippen LogP contribution in [-0.4, -0.2) is 94.3 Å². The van der Waals surface area contributed by atoms with E-state index < -0.39 is 12.1 Å². The topological polar surface area (TPSA) is 125 Å². The second-order valence-electron chi connectivity index (χ2n) is 11.3. The lowest BCUT2D eigenvalue weighted by Gasteiger charge is -2.39. The Kier molecular flexibility index (Phi) is 10.7. The molecule has 1 N–H and O–H groups in total. The number of carbonyl (C=O) groups is 3. The molecule has 5 rings (SSSR count). The van der Waals surface area contributed by atoms with Gasteiger partial charge in [-0.05, 0) is 48.7 Å². The Labute approximate surface area is 274 Å². The fraction of sp³-hybridized carbons (Fsp3) is 0.400. The molecule has 47 heavy (non-hydrogen) atoms. The first-order chi connectivity index (χ1) is 22.8. The monoisotopic (exact) mass is 647 g/mol. The molecule has 3 aromatic carbocycles. The fourth-order valence-electron chi connectivity index (χ4n) is 5.85. The highest BCUT2D eigenvalue weighted by molar-refractivity contribution is 5.98. The third-order valence-corrected chi connectivity index (χ3v) is 8.24. The number of amides is 3. The molecule has 0 radical (unpaired) electrons. The van der Waals surface area contributed by atoms with E-state index in [1.807, 2.05) is 31.2 Å². The van der Waals surface area contributed by atoms with Crippen molar-refractivity contribution < 1.29 is 42.8 Å². The molecule has 2 aliphatic rings. The van der Waals surface area contributed by atoms with E-state index in [1.54, 1.807) is 35.2 Å². The van der Waals surface area contributed by atoms with E-state index in [0.29, 0.717) is 71.6 Å². The van der Waals surface area contributed by atoms with E-state index in [0.717, 1.165) is 5.56 Å². The first-order valence-electron chi connectivity index (χ1n) is 15.5. The zero-order valence-electron chi connectivity index (χ0n) is 27.4. The van der Waals surface area contributed by atoms with Gasteiger partial charge in [-0.15, -0.1) is 0 Å². The van der Waals surface area contributed by atoms with Crippen LogP contribution in [0.4, 0.5) is 0 Å². The number of rotatable bonds is 7. The summed E-state index contributed by atoms with van der Waals surface area (Å²) in [4.78, 5) is 44.2. The van der Waals surface area contributed by atoms with Crippen molar-refractivity contribution in [2.75, 3.05) is 54.6 Å². The Morgan fingerprint density at radius 3 is 2.38 bits per heavy atom. The van der Waals surface area contributed by atoms with E-state index in [9.17, 15) is 14.4 Å². The Balaban J connectivity index is 1.45. The molecule has 0 aromatic heterocycles. The lowest BCUT2D eigenvalue weighted by Crippen LogP contribution is -2.57. The number of likely N-dealkylation sites (tertiary alicyclic amines) is 1. The van der Waals surface area contributed by atoms with E-state index in [-0.39, 0.29) is 37.4 Å². The van der Waals surface area contributed by atoms with Crippen molar-refractivity contribution in [1.29, 1.82) is 0 Å². The summed E-state index contributed by atoms with van der Waals surface area (Å²) in [5.74, 6) is 1.68. The predicted molar refractivity (Wildman–Crippen MR) is 173 cm³/mol. The minimum absolute atomic E-state index is 0.136. The van der Waals surface area contributed by atoms with Gasteiger partial charge in [0.05, 0.1) is 59.3 Å². The van der Waals surface area contributed by atoms with Crippen LogP contribution in [0.3, 0.4) is 0 Å². The molecule has 0 saturated carbocycles. The van der Waals surface area contributed by atoms with Crippen LogP contribution >= 0.6 is 0 Å². The van der Waals surface area contributed by atoms with Gasteiger partial charge in [0.25, 0.3) is 11.8 Å². The van der Waals surface area contributed by atoms with Crippen molar-refractivity contribution in [1.82, 2.24) is 15.1 Å². The molecule has 0 unspecified atom stereocenters. The number of ether oxygens (including phenoxy) is 6. The second kappa shape index (κ2) is 15.1. The number of piperidine rings is 1. The molecule has 2 atom stereocenters. The molecule has 0 aliphatic carbocycles. The van der Waals surface area contributed by atoms with Gasteiger partial charge in [0.1, 0.15) is 11.5 Å². The normalized spacial score (nSPS) is 18.4. The van der Waals surface area contributed by atoms with Crippen molar-refractivity contribution in [2.24, 2.45) is 0 Å². The van der Waals surface area contributed by atoms with Crippen molar-refractivity contribution in [3.05, 3.63) is 71.3 Å². The van der Waals surface area contributed by atoms with E-state index in [4.69, 9.17) is 28.4 Å². The first-order valence-corrected chi connectivity index (χ1v) is 15.5. The van der Waals surface area contributed by atoms with Crippen LogP contribution < -0.4 is 29.0 Å². The van der Waals surface area contributed by atoms with Crippen LogP contribution in [0.1, 0.15) is 46.0 Å². The molecule has 3 amide bonds. The van der Waals surface area contributed by atoms with Crippen LogP contribution in [0.25, 0.3) is 0 Å². The van der Waals surface area contributed by atoms with Gasteiger partial charge in [-0.1, -0.05) is 19.1 Å². The average molecular weight is 648 g/mol. The van der Waals surface area contributed by atoms with E-state index >= 15 is 0 Å². The summed E-state index contributed by atoms with van der Waals surface area (Å²) in [5.41, 5.74) is 1.52. The average Bonchev–Trinajstić information content (AvgIpc) is 3.09. The predicted octanol–water partition coefficient (Wildman–Crippen LogP) is 4.30. The number of methoxy groups -OCH3 is 4. The van der Waals surface area contributed by atoms with Crippen molar-refractivity contribution in [3.63, 3.8) is 0 Å². The Hall–Kier alpha value is -4.97. The third-order valence-electron chi connectivity index (χ3n) is 8.24. The van der Waals surface area contributed by atoms with Crippen LogP contribution in [0.2, 0.25) is 0 Å². The van der Waals surface area contributed by atoms with Crippen LogP contribution in [0.5, 0.6) is 34.5 Å². The molecule has 250 valence electrons. The van der Waals surface area contributed by atoms with Gasteiger partial charge in [0, 0.05) is 37.3 Å². The molecule has 1 saturated heterocycles. The minimum Gasteiger partial charge on any atom is -0.496 e. The molecule has 12 nitrogen and oxygen atoms in total. The summed E-state index contributed by atoms with van der Waals surface area (Å²) in [6, 6.07) is 15.2. The molecular weight excluding hydrogens is 606 g/mol. The summed E-state index contributed by atoms with van der Waals surface area (Å²) in [7, 11) is 6.03. The number of fused-ring (bicyclic) bond motifs is 5. The number of carbonyl (C=O) groups excluding carboxylic acids is 3. The quantitative estimate of drug-likeness (QED) is 0.400. The zero-order valence-corrected chi connectivity index (χ0v) is 27.4. The lowest BCUT2D eigenvalue weighted by molar-refractivity contribution is -0.124. The summed E-state index contributed by atoms with van der Waals surface area (Å²) in [6.45, 7) is 2.96. The van der Waals surface area contributed by atoms with Gasteiger partial charge < -0.3 is 43.5 Å². The molecule has 0 spiro atoms. The number of benzene rings is 3. The van der Waals surface area contributed by atoms with Crippen LogP contribution in [0.15, 0.2) is 54.6 Å². The number of hydrogen-bond acceptors (Lipinski definition) is 9. The number of hydrogen-bond donors (Lipinski definition) is 1. The van der Waals surface area contributed by atoms with Gasteiger partial charge in [0.15, 0.2) is 23.0 Å². The molecule has 2 heterocycles. The van der Waals surface area contributed by atoms with E-state index in [2.05, 4.69) is 5.32 Å². The molecular formula is C35H41N3O9. The number of nitrogens with one attached hydrogen (secondary N) is 1. The Morgan fingerprint density at radius 2 is 1.66 bits per heavy atom. The molecule has 2 aliphatic heterocycles. The fourth-order valence-corrected chi connectivity index (χ4v) is 5.85. The summed E-state index contributed by atoms with van der Waals surface area (Å²) >= 11 is 0. The van der Waals surface area contributed by atoms with Gasteiger partial charge in [-0.25, -0.2) is 0 Å². The van der Waals surface area contributed by atoms with Gasteiger partial charge >= 0.3 is 0 Å². The van der Waals surface area contributed by atoms with Crippen LogP contribution in [-0.2, 0) is 16.1 Å². The van der Waals surface area contributed by atoms with E-state index in [1.165, 1.54) is 33.3 Å². The maximum Gasteiger partial charge on any atom is 0.257 e. The molecule has 4 bridgehead atoms. The largest absolute Gasteiger partial charge is 0.496 e. The minimum atomic E-state index is -0.552. The summed E-state index contributed by atoms with van der Waals surface area (Å²) in [5, 5.41) is 3.09. The van der Waals surface area contributed by atoms with Crippen molar-refractivity contribution >= 4 is 17.7 Å². The highest BCUT2D eigenvalue weighted by atomic mass is 16.5. The molecule has 1 fully saturated rings. The van der Waals surface area contributed by atoms with Crippen molar-refractivity contribution in [3.8, 4) is 34.5 Å². The maximum atomic E-state index is 13.9. The Morgan fingerprint density at radius 1 is 0.915 bits per heavy atom. The smallest absolute Gasteiger partial charge is 0.257 e. The molecule has 3 aromatic rings. The van der Waals surface area contributed by atoms with Gasteiger partial charge in [0.2, 0.25) is 5.91 Å². The standard InChI is InChI=1S/C35H41N3O9/c1-6-13-37-20-33(39)36-26-12-14-38(35(41)25-17-29(44-4)30(45-5)18-28(25)43-3)19-32(26)46-21-22-8-7-9-24(15-22)47-31-16-23(34(37)40)10-11-27(31)42-2/h7-11,15-18,26,32H,6,12-14,19-21H2,1-5H3,(H,36,39)/t26-,32-/m0/s1. The summed E-state index contributed by atoms with van der Waals surface area (Å²) in [6.07, 6.45) is 0.546. The van der Waals surface area contributed by atoms with Crippen molar-refractivity contribution in [2.45, 2.75) is 38.5 Å². The second-order valence-corrected chi connectivity index (χ2v) is 11.3. The number of nitrogens with zero attached hydrogens (tertiary/aromatic N) is 2. The summed E-state index contributed by atoms with van der Waals surface area (Å²) < 4.78 is 34.5.